The number of para-hydroxylation sites is 1. The maximum absolute atomic E-state index is 12.5. The summed E-state index contributed by atoms with van der Waals surface area (Å²) < 4.78 is 3.42. The highest BCUT2D eigenvalue weighted by Gasteiger charge is 2.20. The van der Waals surface area contributed by atoms with Gasteiger partial charge >= 0.3 is 0 Å². The normalized spacial score (nSPS) is 12.2. The van der Waals surface area contributed by atoms with E-state index in [0.29, 0.717) is 15.9 Å². The van der Waals surface area contributed by atoms with Crippen molar-refractivity contribution in [1.29, 1.82) is 0 Å². The summed E-state index contributed by atoms with van der Waals surface area (Å²) in [6.07, 6.45) is 1.78. The van der Waals surface area contributed by atoms with Crippen molar-refractivity contribution in [3.8, 4) is 5.69 Å². The van der Waals surface area contributed by atoms with Crippen LogP contribution in [0.4, 0.5) is 0 Å². The maximum atomic E-state index is 12.5. The molecule has 0 saturated heterocycles. The van der Waals surface area contributed by atoms with Crippen LogP contribution in [-0.2, 0) is 7.05 Å². The molecule has 2 heterocycles. The number of amides is 1. The number of hydrogen-bond acceptors (Lipinski definition) is 2. The van der Waals surface area contributed by atoms with E-state index in [4.69, 9.17) is 23.2 Å². The second kappa shape index (κ2) is 6.94. The molecule has 1 unspecified atom stereocenters. The van der Waals surface area contributed by atoms with Gasteiger partial charge in [-0.05, 0) is 32.0 Å². The van der Waals surface area contributed by atoms with E-state index >= 15 is 0 Å². The van der Waals surface area contributed by atoms with Gasteiger partial charge in [0.15, 0.2) is 0 Å². The van der Waals surface area contributed by atoms with Crippen LogP contribution in [0.5, 0.6) is 0 Å². The molecule has 0 aliphatic carbocycles. The van der Waals surface area contributed by atoms with Gasteiger partial charge in [-0.1, -0.05) is 41.4 Å². The van der Waals surface area contributed by atoms with Gasteiger partial charge in [-0.15, -0.1) is 0 Å². The van der Waals surface area contributed by atoms with Gasteiger partial charge < -0.3 is 9.88 Å². The van der Waals surface area contributed by atoms with Crippen molar-refractivity contribution in [2.24, 2.45) is 7.05 Å². The lowest BCUT2D eigenvalue weighted by Crippen LogP contribution is -2.28. The second-order valence-electron chi connectivity index (χ2n) is 5.86. The summed E-state index contributed by atoms with van der Waals surface area (Å²) in [5.41, 5.74) is 3.31. The average molecular weight is 377 g/mol. The summed E-state index contributed by atoms with van der Waals surface area (Å²) in [6.45, 7) is 3.90. The van der Waals surface area contributed by atoms with Gasteiger partial charge in [-0.2, -0.15) is 5.10 Å². The number of halogens is 2. The number of aromatic nitrogens is 3. The second-order valence-corrected chi connectivity index (χ2v) is 6.62. The Labute approximate surface area is 156 Å². The van der Waals surface area contributed by atoms with E-state index in [2.05, 4.69) is 10.4 Å². The monoisotopic (exact) mass is 376 g/mol. The zero-order valence-electron chi connectivity index (χ0n) is 14.1. The smallest absolute Gasteiger partial charge is 0.268 e. The molecule has 0 bridgehead atoms. The van der Waals surface area contributed by atoms with Crippen LogP contribution in [0.2, 0.25) is 10.2 Å². The van der Waals surface area contributed by atoms with E-state index in [0.717, 1.165) is 16.9 Å². The lowest BCUT2D eigenvalue weighted by Gasteiger charge is -2.14. The first-order chi connectivity index (χ1) is 11.9. The van der Waals surface area contributed by atoms with Crippen LogP contribution in [0, 0.1) is 6.92 Å². The minimum atomic E-state index is -0.240. The Morgan fingerprint density at radius 2 is 1.92 bits per heavy atom. The first kappa shape index (κ1) is 17.6. The van der Waals surface area contributed by atoms with Gasteiger partial charge in [-0.25, -0.2) is 4.68 Å². The summed E-state index contributed by atoms with van der Waals surface area (Å²) in [6, 6.07) is 11.2. The predicted molar refractivity (Wildman–Crippen MR) is 99.6 cm³/mol. The number of nitrogens with one attached hydrogen (secondary N) is 1. The summed E-state index contributed by atoms with van der Waals surface area (Å²) in [7, 11) is 1.70. The quantitative estimate of drug-likeness (QED) is 0.736. The standard InChI is InChI=1S/C18H18Cl2N4O/c1-11(22-18(25)16-9-15(19)17(20)23(16)3)14-10-21-24(12(14)2)13-7-5-4-6-8-13/h4-11H,1-3H3,(H,22,25). The van der Waals surface area contributed by atoms with Crippen molar-refractivity contribution in [3.63, 3.8) is 0 Å². The van der Waals surface area contributed by atoms with Crippen molar-refractivity contribution >= 4 is 29.1 Å². The molecule has 0 saturated carbocycles. The molecule has 0 aliphatic heterocycles. The summed E-state index contributed by atoms with van der Waals surface area (Å²) in [5, 5.41) is 8.11. The van der Waals surface area contributed by atoms with Gasteiger partial charge in [0, 0.05) is 18.3 Å². The lowest BCUT2D eigenvalue weighted by molar-refractivity contribution is 0.0931. The molecule has 0 radical (unpaired) electrons. The fourth-order valence-corrected chi connectivity index (χ4v) is 3.16. The van der Waals surface area contributed by atoms with Crippen LogP contribution < -0.4 is 5.32 Å². The number of benzene rings is 1. The Morgan fingerprint density at radius 3 is 2.52 bits per heavy atom. The first-order valence-corrected chi connectivity index (χ1v) is 8.57. The summed E-state index contributed by atoms with van der Waals surface area (Å²) >= 11 is 12.0. The van der Waals surface area contributed by atoms with E-state index in [9.17, 15) is 4.79 Å². The van der Waals surface area contributed by atoms with Crippen LogP contribution >= 0.6 is 23.2 Å². The van der Waals surface area contributed by atoms with Crippen LogP contribution in [0.3, 0.4) is 0 Å². The van der Waals surface area contributed by atoms with Crippen LogP contribution in [0.25, 0.3) is 5.69 Å². The molecule has 5 nitrogen and oxygen atoms in total. The number of carbonyl (C=O) groups excluding carboxylic acids is 1. The van der Waals surface area contributed by atoms with Gasteiger partial charge in [0.05, 0.1) is 22.9 Å². The van der Waals surface area contributed by atoms with Crippen molar-refractivity contribution in [1.82, 2.24) is 19.7 Å². The Hall–Kier alpha value is -2.24. The molecule has 0 spiro atoms. The van der Waals surface area contributed by atoms with E-state index < -0.39 is 0 Å². The van der Waals surface area contributed by atoms with Crippen molar-refractivity contribution in [2.75, 3.05) is 0 Å². The van der Waals surface area contributed by atoms with Gasteiger partial charge in [0.25, 0.3) is 5.91 Å². The topological polar surface area (TPSA) is 51.9 Å². The van der Waals surface area contributed by atoms with Gasteiger partial charge in [-0.3, -0.25) is 4.79 Å². The minimum absolute atomic E-state index is 0.211. The highest BCUT2D eigenvalue weighted by atomic mass is 35.5. The minimum Gasteiger partial charge on any atom is -0.344 e. The highest BCUT2D eigenvalue weighted by Crippen LogP contribution is 2.26. The predicted octanol–water partition coefficient (Wildman–Crippen LogP) is 4.32. The molecular formula is C18H18Cl2N4O. The average Bonchev–Trinajstić information content (AvgIpc) is 3.11. The molecule has 1 aromatic carbocycles. The molecule has 1 amide bonds. The molecule has 25 heavy (non-hydrogen) atoms. The van der Waals surface area contributed by atoms with Crippen LogP contribution in [0.15, 0.2) is 42.6 Å². The molecule has 2 aromatic heterocycles. The van der Waals surface area contributed by atoms with Crippen molar-refractivity contribution in [3.05, 3.63) is 69.7 Å². The fourth-order valence-electron chi connectivity index (χ4n) is 2.79. The molecule has 0 fully saturated rings. The highest BCUT2D eigenvalue weighted by molar-refractivity contribution is 6.41. The SMILES string of the molecule is Cc1c(C(C)NC(=O)c2cc(Cl)c(Cl)n2C)cnn1-c1ccccc1. The zero-order chi connectivity index (χ0) is 18.1. The van der Waals surface area contributed by atoms with Gasteiger partial charge in [0.2, 0.25) is 0 Å². The number of nitrogens with zero attached hydrogens (tertiary/aromatic N) is 3. The Kier molecular flexibility index (Phi) is 4.88. The third kappa shape index (κ3) is 3.30. The maximum Gasteiger partial charge on any atom is 0.268 e. The van der Waals surface area contributed by atoms with E-state index in [1.54, 1.807) is 23.9 Å². The molecule has 130 valence electrons. The van der Waals surface area contributed by atoms with Crippen LogP contribution in [-0.4, -0.2) is 20.3 Å². The molecule has 3 rings (SSSR count). The number of rotatable bonds is 4. The largest absolute Gasteiger partial charge is 0.344 e. The van der Waals surface area contributed by atoms with Gasteiger partial charge in [0.1, 0.15) is 10.8 Å². The molecule has 1 N–H and O–H groups in total. The van der Waals surface area contributed by atoms with E-state index in [-0.39, 0.29) is 11.9 Å². The van der Waals surface area contributed by atoms with Crippen LogP contribution in [0.1, 0.15) is 34.7 Å². The Morgan fingerprint density at radius 1 is 1.24 bits per heavy atom. The molecule has 0 aliphatic rings. The fraction of sp³-hybridized carbons (Fsp3) is 0.222. The third-order valence-electron chi connectivity index (χ3n) is 4.21. The lowest BCUT2D eigenvalue weighted by atomic mass is 10.1. The molecular weight excluding hydrogens is 359 g/mol. The molecule has 7 heteroatoms. The Bertz CT molecular complexity index is 915. The molecule has 1 atom stereocenters. The number of hydrogen-bond donors (Lipinski definition) is 1. The zero-order valence-corrected chi connectivity index (χ0v) is 15.6. The number of carbonyl (C=O) groups is 1. The van der Waals surface area contributed by atoms with Crippen molar-refractivity contribution in [2.45, 2.75) is 19.9 Å². The summed E-state index contributed by atoms with van der Waals surface area (Å²) in [5.74, 6) is -0.240. The Balaban J connectivity index is 1.82. The third-order valence-corrected chi connectivity index (χ3v) is 5.05. The van der Waals surface area contributed by atoms with E-state index in [1.165, 1.54) is 0 Å². The molecule has 3 aromatic rings. The summed E-state index contributed by atoms with van der Waals surface area (Å²) in [4.78, 5) is 12.5. The van der Waals surface area contributed by atoms with Crippen molar-refractivity contribution < 1.29 is 4.79 Å². The van der Waals surface area contributed by atoms with E-state index in [1.807, 2.05) is 48.9 Å². The first-order valence-electron chi connectivity index (χ1n) is 7.81.